The minimum absolute atomic E-state index is 0.0937. The molecule has 0 radical (unpaired) electrons. The third-order valence-electron chi connectivity index (χ3n) is 6.51. The van der Waals surface area contributed by atoms with E-state index < -0.39 is 0 Å². The fourth-order valence-electron chi connectivity index (χ4n) is 5.08. The number of ketones is 2. The standard InChI is InChI=1S/C24H24Br2O2/c25-14-22(27)17-6-4-16(5-7-17)18-8-9-19(23(28)15-26)21-13-24(12-20(18)21)10-2-1-3-11-24/h4-9H,1-3,10-15H2. The Morgan fingerprint density at radius 2 is 1.43 bits per heavy atom. The van der Waals surface area contributed by atoms with Crippen LogP contribution in [0.15, 0.2) is 36.4 Å². The fraction of sp³-hybridized carbons (Fsp3) is 0.417. The Morgan fingerprint density at radius 1 is 0.786 bits per heavy atom. The molecule has 28 heavy (non-hydrogen) atoms. The number of carbonyl (C=O) groups is 2. The van der Waals surface area contributed by atoms with Crippen molar-refractivity contribution in [2.75, 3.05) is 10.7 Å². The molecule has 2 aromatic rings. The minimum Gasteiger partial charge on any atom is -0.293 e. The molecule has 4 rings (SSSR count). The molecule has 1 saturated carbocycles. The van der Waals surface area contributed by atoms with Gasteiger partial charge < -0.3 is 0 Å². The summed E-state index contributed by atoms with van der Waals surface area (Å²) in [5, 5.41) is 0.711. The van der Waals surface area contributed by atoms with E-state index in [0.717, 1.165) is 29.5 Å². The van der Waals surface area contributed by atoms with E-state index in [-0.39, 0.29) is 11.6 Å². The number of Topliss-reactive ketones (excluding diaryl/α,β-unsaturated/α-hetero) is 2. The van der Waals surface area contributed by atoms with Crippen LogP contribution in [0.4, 0.5) is 0 Å². The van der Waals surface area contributed by atoms with Gasteiger partial charge >= 0.3 is 0 Å². The molecule has 2 nitrogen and oxygen atoms in total. The van der Waals surface area contributed by atoms with Crippen LogP contribution >= 0.6 is 31.9 Å². The molecule has 4 heteroatoms. The van der Waals surface area contributed by atoms with Crippen molar-refractivity contribution in [3.05, 3.63) is 58.7 Å². The summed E-state index contributed by atoms with van der Waals surface area (Å²) in [4.78, 5) is 24.5. The van der Waals surface area contributed by atoms with Crippen LogP contribution < -0.4 is 0 Å². The first-order valence-corrected chi connectivity index (χ1v) is 12.2. The fourth-order valence-corrected chi connectivity index (χ4v) is 5.71. The third kappa shape index (κ3) is 3.66. The molecule has 0 aliphatic heterocycles. The summed E-state index contributed by atoms with van der Waals surface area (Å²) in [6, 6.07) is 12.0. The van der Waals surface area contributed by atoms with Crippen LogP contribution in [0.3, 0.4) is 0 Å². The van der Waals surface area contributed by atoms with Crippen molar-refractivity contribution in [3.8, 4) is 11.1 Å². The number of hydrogen-bond donors (Lipinski definition) is 0. The Morgan fingerprint density at radius 3 is 2.07 bits per heavy atom. The molecular weight excluding hydrogens is 480 g/mol. The second kappa shape index (κ2) is 8.23. The highest BCUT2D eigenvalue weighted by atomic mass is 79.9. The van der Waals surface area contributed by atoms with Gasteiger partial charge in [-0.05, 0) is 53.4 Å². The van der Waals surface area contributed by atoms with E-state index in [4.69, 9.17) is 0 Å². The molecule has 2 aliphatic rings. The lowest BCUT2D eigenvalue weighted by Crippen LogP contribution is -2.24. The number of halogens is 2. The van der Waals surface area contributed by atoms with Crippen LogP contribution in [0.2, 0.25) is 0 Å². The highest BCUT2D eigenvalue weighted by Crippen LogP contribution is 2.50. The van der Waals surface area contributed by atoms with Crippen molar-refractivity contribution in [3.63, 3.8) is 0 Å². The van der Waals surface area contributed by atoms with Gasteiger partial charge in [0, 0.05) is 11.1 Å². The molecule has 0 unspecified atom stereocenters. The van der Waals surface area contributed by atoms with E-state index in [9.17, 15) is 9.59 Å². The molecule has 0 aromatic heterocycles. The zero-order valence-electron chi connectivity index (χ0n) is 15.9. The maximum Gasteiger partial charge on any atom is 0.173 e. The van der Waals surface area contributed by atoms with E-state index in [1.165, 1.54) is 48.8 Å². The molecule has 0 bridgehead atoms. The molecule has 0 heterocycles. The van der Waals surface area contributed by atoms with E-state index in [1.54, 1.807) is 0 Å². The Hall–Kier alpha value is -1.26. The zero-order chi connectivity index (χ0) is 19.7. The second-order valence-corrected chi connectivity index (χ2v) is 9.34. The number of fused-ring (bicyclic) bond motifs is 1. The molecule has 2 aliphatic carbocycles. The molecule has 0 amide bonds. The van der Waals surface area contributed by atoms with Crippen molar-refractivity contribution in [2.45, 2.75) is 44.9 Å². The van der Waals surface area contributed by atoms with Gasteiger partial charge in [0.25, 0.3) is 0 Å². The van der Waals surface area contributed by atoms with E-state index in [0.29, 0.717) is 16.1 Å². The van der Waals surface area contributed by atoms with Gasteiger partial charge in [0.05, 0.1) is 10.7 Å². The molecule has 0 N–H and O–H groups in total. The van der Waals surface area contributed by atoms with Gasteiger partial charge in [-0.2, -0.15) is 0 Å². The van der Waals surface area contributed by atoms with Crippen LogP contribution in [0.25, 0.3) is 11.1 Å². The van der Waals surface area contributed by atoms with Gasteiger partial charge in [0.1, 0.15) is 0 Å². The van der Waals surface area contributed by atoms with Crippen molar-refractivity contribution in [1.29, 1.82) is 0 Å². The Labute approximate surface area is 183 Å². The largest absolute Gasteiger partial charge is 0.293 e. The summed E-state index contributed by atoms with van der Waals surface area (Å²) >= 11 is 6.59. The number of hydrogen-bond acceptors (Lipinski definition) is 2. The minimum atomic E-state index is 0.0937. The van der Waals surface area contributed by atoms with Gasteiger partial charge in [-0.25, -0.2) is 0 Å². The third-order valence-corrected chi connectivity index (χ3v) is 7.53. The van der Waals surface area contributed by atoms with Gasteiger partial charge in [-0.3, -0.25) is 9.59 Å². The SMILES string of the molecule is O=C(CBr)c1ccc(-c2ccc(C(=O)CBr)c3c2CC2(CCCCC2)C3)cc1. The summed E-state index contributed by atoms with van der Waals surface area (Å²) in [6.45, 7) is 0. The van der Waals surface area contributed by atoms with Crippen LogP contribution in [0.1, 0.15) is 63.9 Å². The topological polar surface area (TPSA) is 34.1 Å². The molecule has 2 aromatic carbocycles. The molecule has 0 saturated heterocycles. The van der Waals surface area contributed by atoms with Gasteiger partial charge in [-0.15, -0.1) is 0 Å². The quantitative estimate of drug-likeness (QED) is 0.342. The van der Waals surface area contributed by atoms with E-state index in [2.05, 4.69) is 37.9 Å². The van der Waals surface area contributed by atoms with Crippen molar-refractivity contribution >= 4 is 43.4 Å². The zero-order valence-corrected chi connectivity index (χ0v) is 19.1. The highest BCUT2D eigenvalue weighted by molar-refractivity contribution is 9.09. The Kier molecular flexibility index (Phi) is 5.89. The summed E-state index contributed by atoms with van der Waals surface area (Å²) in [7, 11) is 0. The first kappa shape index (κ1) is 20.0. The molecule has 1 spiro atoms. The number of rotatable bonds is 5. The van der Waals surface area contributed by atoms with Gasteiger partial charge in [0.15, 0.2) is 11.6 Å². The summed E-state index contributed by atoms with van der Waals surface area (Å²) in [6.07, 6.45) is 8.57. The second-order valence-electron chi connectivity index (χ2n) is 8.22. The monoisotopic (exact) mass is 502 g/mol. The lowest BCUT2D eigenvalue weighted by molar-refractivity contribution is 0.101. The van der Waals surface area contributed by atoms with Crippen molar-refractivity contribution in [2.24, 2.45) is 5.41 Å². The Bertz CT molecular complexity index is 909. The normalized spacial score (nSPS) is 17.5. The maximum absolute atomic E-state index is 12.6. The number of carbonyl (C=O) groups excluding carboxylic acids is 2. The van der Waals surface area contributed by atoms with Crippen LogP contribution in [0.5, 0.6) is 0 Å². The number of benzene rings is 2. The lowest BCUT2D eigenvalue weighted by Gasteiger charge is -2.33. The summed E-state index contributed by atoms with van der Waals surface area (Å²) in [5.41, 5.74) is 6.94. The van der Waals surface area contributed by atoms with Crippen LogP contribution in [-0.4, -0.2) is 22.2 Å². The molecule has 0 atom stereocenters. The summed E-state index contributed by atoms with van der Waals surface area (Å²) < 4.78 is 0. The van der Waals surface area contributed by atoms with Gasteiger partial charge in [-0.1, -0.05) is 87.5 Å². The van der Waals surface area contributed by atoms with Crippen molar-refractivity contribution < 1.29 is 9.59 Å². The maximum atomic E-state index is 12.6. The van der Waals surface area contributed by atoms with Crippen LogP contribution in [-0.2, 0) is 12.8 Å². The number of alkyl halides is 2. The Balaban J connectivity index is 1.77. The summed E-state index contributed by atoms with van der Waals surface area (Å²) in [5.74, 6) is 0.269. The smallest absolute Gasteiger partial charge is 0.173 e. The van der Waals surface area contributed by atoms with E-state index >= 15 is 0 Å². The predicted molar refractivity (Wildman–Crippen MR) is 121 cm³/mol. The average Bonchev–Trinajstić information content (AvgIpc) is 3.10. The molecule has 146 valence electrons. The van der Waals surface area contributed by atoms with E-state index in [1.807, 2.05) is 30.3 Å². The average molecular weight is 504 g/mol. The van der Waals surface area contributed by atoms with Crippen molar-refractivity contribution in [1.82, 2.24) is 0 Å². The highest BCUT2D eigenvalue weighted by Gasteiger charge is 2.40. The first-order valence-electron chi connectivity index (χ1n) is 10.0. The molecule has 1 fully saturated rings. The predicted octanol–water partition coefficient (Wildman–Crippen LogP) is 6.56. The molecular formula is C24H24Br2O2. The first-order chi connectivity index (χ1) is 13.6. The lowest BCUT2D eigenvalue weighted by atomic mass is 9.72. The van der Waals surface area contributed by atoms with Crippen LogP contribution in [0, 0.1) is 5.41 Å². The van der Waals surface area contributed by atoms with Gasteiger partial charge in [0.2, 0.25) is 0 Å².